The Bertz CT molecular complexity index is 1110. The van der Waals surface area contributed by atoms with Gasteiger partial charge in [0.25, 0.3) is 12.4 Å². The summed E-state index contributed by atoms with van der Waals surface area (Å²) in [5.41, 5.74) is 3.47. The zero-order valence-corrected chi connectivity index (χ0v) is 19.0. The molecule has 1 aliphatic rings. The number of alkyl halides is 2. The lowest BCUT2D eigenvalue weighted by Gasteiger charge is -2.33. The van der Waals surface area contributed by atoms with Gasteiger partial charge in [-0.25, -0.2) is 18.0 Å². The van der Waals surface area contributed by atoms with Gasteiger partial charge in [0.15, 0.2) is 11.3 Å². The first-order valence-electron chi connectivity index (χ1n) is 10.3. The number of carbonyl (C=O) groups excluding carboxylic acids is 2. The molecule has 0 saturated heterocycles. The fourth-order valence-corrected chi connectivity index (χ4v) is 3.31. The second-order valence-electron chi connectivity index (χ2n) is 7.54. The molecular formula is C23H24F3N3O6. The van der Waals surface area contributed by atoms with Crippen LogP contribution in [0.2, 0.25) is 0 Å². The molecule has 0 unspecified atom stereocenters. The number of hydrogen-bond acceptors (Lipinski definition) is 8. The van der Waals surface area contributed by atoms with E-state index in [4.69, 9.17) is 25.1 Å². The van der Waals surface area contributed by atoms with E-state index in [0.29, 0.717) is 5.56 Å². The maximum absolute atomic E-state index is 14.8. The topological polar surface area (TPSA) is 141 Å². The number of benzene rings is 1. The zero-order chi connectivity index (χ0) is 26.2. The van der Waals surface area contributed by atoms with Gasteiger partial charge in [-0.1, -0.05) is 6.07 Å². The molecule has 0 radical (unpaired) electrons. The Morgan fingerprint density at radius 1 is 1.29 bits per heavy atom. The van der Waals surface area contributed by atoms with Crippen LogP contribution in [0.25, 0.3) is 0 Å². The number of aliphatic imine (C=N–C) groups is 1. The number of carbonyl (C=O) groups is 3. The molecule has 0 fully saturated rings. The second-order valence-corrected chi connectivity index (χ2v) is 7.54. The molecule has 0 spiro atoms. The van der Waals surface area contributed by atoms with E-state index in [1.54, 1.807) is 6.92 Å². The fraction of sp³-hybridized carbons (Fsp3) is 0.348. The molecule has 1 aromatic carbocycles. The number of Topliss-reactive ketones (excluding diaryl/α,β-unsaturated/α-hetero) is 1. The molecule has 0 amide bonds. The second kappa shape index (κ2) is 11.6. The summed E-state index contributed by atoms with van der Waals surface area (Å²) in [4.78, 5) is 40.5. The van der Waals surface area contributed by atoms with Gasteiger partial charge in [0.05, 0.1) is 12.2 Å². The molecule has 2 heterocycles. The van der Waals surface area contributed by atoms with Crippen molar-refractivity contribution in [2.75, 3.05) is 19.8 Å². The number of rotatable bonds is 6. The molecule has 1 aromatic heterocycles. The smallest absolute Gasteiger partial charge is 0.339 e. The third-order valence-electron chi connectivity index (χ3n) is 5.09. The first-order chi connectivity index (χ1) is 16.5. The number of nitrogens with zero attached hydrogens (tertiary/aromatic N) is 2. The Labute approximate surface area is 198 Å². The number of amidine groups is 1. The van der Waals surface area contributed by atoms with Crippen molar-refractivity contribution in [3.63, 3.8) is 0 Å². The predicted molar refractivity (Wildman–Crippen MR) is 118 cm³/mol. The van der Waals surface area contributed by atoms with Crippen LogP contribution in [-0.4, -0.2) is 59.9 Å². The van der Waals surface area contributed by atoms with Crippen molar-refractivity contribution in [2.24, 2.45) is 10.7 Å². The van der Waals surface area contributed by atoms with E-state index in [9.17, 15) is 22.8 Å². The summed E-state index contributed by atoms with van der Waals surface area (Å²) >= 11 is 0. The Kier molecular flexibility index (Phi) is 9.06. The lowest BCUT2D eigenvalue weighted by Crippen LogP contribution is -2.45. The lowest BCUT2D eigenvalue weighted by molar-refractivity contribution is -0.122. The van der Waals surface area contributed by atoms with Crippen molar-refractivity contribution in [3.05, 3.63) is 64.7 Å². The van der Waals surface area contributed by atoms with Crippen LogP contribution >= 0.6 is 0 Å². The van der Waals surface area contributed by atoms with E-state index in [1.807, 2.05) is 0 Å². The molecule has 1 atom stereocenters. The van der Waals surface area contributed by atoms with Crippen LogP contribution in [0, 0.1) is 5.82 Å². The molecule has 2 aromatic rings. The predicted octanol–water partition coefficient (Wildman–Crippen LogP) is 2.76. The molecule has 3 rings (SSSR count). The number of esters is 1. The van der Waals surface area contributed by atoms with Crippen molar-refractivity contribution in [1.29, 1.82) is 0 Å². The highest BCUT2D eigenvalue weighted by Crippen LogP contribution is 2.43. The Balaban J connectivity index is 0.00000137. The van der Waals surface area contributed by atoms with Gasteiger partial charge in [0.2, 0.25) is 0 Å². The normalized spacial score (nSPS) is 18.8. The highest BCUT2D eigenvalue weighted by Gasteiger charge is 2.54. The summed E-state index contributed by atoms with van der Waals surface area (Å²) in [5, 5.41) is 6.89. The maximum atomic E-state index is 14.8. The highest BCUT2D eigenvalue weighted by molar-refractivity contribution is 5.96. The van der Waals surface area contributed by atoms with Gasteiger partial charge in [-0.3, -0.25) is 19.6 Å². The van der Waals surface area contributed by atoms with Crippen LogP contribution < -0.4 is 5.73 Å². The third kappa shape index (κ3) is 6.41. The Hall–Kier alpha value is -3.80. The molecular weight excluding hydrogens is 471 g/mol. The van der Waals surface area contributed by atoms with Crippen LogP contribution in [0.3, 0.4) is 0 Å². The van der Waals surface area contributed by atoms with Crippen molar-refractivity contribution < 1.29 is 42.1 Å². The van der Waals surface area contributed by atoms with Gasteiger partial charge in [-0.2, -0.15) is 0 Å². The van der Waals surface area contributed by atoms with Gasteiger partial charge in [0, 0.05) is 18.2 Å². The van der Waals surface area contributed by atoms with Gasteiger partial charge in [0.1, 0.15) is 30.6 Å². The van der Waals surface area contributed by atoms with Gasteiger partial charge < -0.3 is 20.3 Å². The summed E-state index contributed by atoms with van der Waals surface area (Å²) < 4.78 is 53.9. The molecule has 35 heavy (non-hydrogen) atoms. The van der Waals surface area contributed by atoms with Crippen LogP contribution in [0.5, 0.6) is 0 Å². The summed E-state index contributed by atoms with van der Waals surface area (Å²) in [6.45, 7) is 1.42. The average Bonchev–Trinajstić information content (AvgIpc) is 2.90. The monoisotopic (exact) mass is 495 g/mol. The standard InChI is InChI=1S/C22H22F3N3O4.CH2O2/c1-3-32-20(30)14-5-7-17(27-10-14)18(29)9-13-4-6-16(23)15(8-13)21(2)22(24,25)12-31-11-19(26)28-21;2-1-3/h4-8,10H,3,9,11-12H2,1-2H3,(H2,26,28);1H,(H,2,3)/t21-;/m1./s1. The average molecular weight is 495 g/mol. The van der Waals surface area contributed by atoms with E-state index in [-0.39, 0.29) is 43.2 Å². The van der Waals surface area contributed by atoms with Crippen molar-refractivity contribution in [3.8, 4) is 0 Å². The van der Waals surface area contributed by atoms with Gasteiger partial charge >= 0.3 is 5.97 Å². The number of aromatic nitrogens is 1. The van der Waals surface area contributed by atoms with Crippen molar-refractivity contribution in [2.45, 2.75) is 31.7 Å². The Morgan fingerprint density at radius 3 is 2.57 bits per heavy atom. The largest absolute Gasteiger partial charge is 0.483 e. The number of nitrogens with two attached hydrogens (primary N) is 1. The van der Waals surface area contributed by atoms with E-state index >= 15 is 0 Å². The minimum absolute atomic E-state index is 0.0607. The minimum Gasteiger partial charge on any atom is -0.483 e. The summed E-state index contributed by atoms with van der Waals surface area (Å²) in [6.07, 6.45) is 0.988. The summed E-state index contributed by atoms with van der Waals surface area (Å²) in [5.74, 6) is -5.64. The highest BCUT2D eigenvalue weighted by atomic mass is 19.3. The molecule has 0 aliphatic carbocycles. The van der Waals surface area contributed by atoms with Crippen LogP contribution in [-0.2, 0) is 26.2 Å². The van der Waals surface area contributed by atoms with Crippen molar-refractivity contribution >= 4 is 24.1 Å². The van der Waals surface area contributed by atoms with E-state index < -0.39 is 41.2 Å². The first-order valence-corrected chi connectivity index (χ1v) is 10.3. The summed E-state index contributed by atoms with van der Waals surface area (Å²) in [6, 6.07) is 6.27. The lowest BCUT2D eigenvalue weighted by atomic mass is 9.84. The van der Waals surface area contributed by atoms with Crippen LogP contribution in [0.15, 0.2) is 41.5 Å². The van der Waals surface area contributed by atoms with E-state index in [1.165, 1.54) is 30.5 Å². The third-order valence-corrected chi connectivity index (χ3v) is 5.09. The molecule has 1 aliphatic heterocycles. The number of carboxylic acid groups (broad SMARTS) is 1. The van der Waals surface area contributed by atoms with E-state index in [0.717, 1.165) is 13.0 Å². The first kappa shape index (κ1) is 27.4. The molecule has 0 saturated carbocycles. The molecule has 9 nitrogen and oxygen atoms in total. The van der Waals surface area contributed by atoms with Gasteiger partial charge in [-0.05, 0) is 43.7 Å². The van der Waals surface area contributed by atoms with Crippen LogP contribution in [0.1, 0.15) is 45.8 Å². The minimum atomic E-state index is -3.54. The number of pyridine rings is 1. The number of ketones is 1. The zero-order valence-electron chi connectivity index (χ0n) is 19.0. The van der Waals surface area contributed by atoms with Crippen molar-refractivity contribution in [1.82, 2.24) is 4.98 Å². The maximum Gasteiger partial charge on any atom is 0.339 e. The molecule has 0 bridgehead atoms. The molecule has 188 valence electrons. The number of ether oxygens (including phenoxy) is 2. The summed E-state index contributed by atoms with van der Waals surface area (Å²) in [7, 11) is 0. The number of halogens is 3. The van der Waals surface area contributed by atoms with Gasteiger partial charge in [-0.15, -0.1) is 0 Å². The molecule has 12 heteroatoms. The molecule has 3 N–H and O–H groups in total. The quantitative estimate of drug-likeness (QED) is 0.354. The van der Waals surface area contributed by atoms with Crippen LogP contribution in [0.4, 0.5) is 13.2 Å². The van der Waals surface area contributed by atoms with E-state index in [2.05, 4.69) is 9.98 Å². The Morgan fingerprint density at radius 2 is 1.97 bits per heavy atom. The SMILES string of the molecule is CCOC(=O)c1ccc(C(=O)Cc2ccc(F)c([C@@]3(C)N=C(N)COCC3(F)F)c2)nc1.O=CO. The fourth-order valence-electron chi connectivity index (χ4n) is 3.31. The number of hydrogen-bond donors (Lipinski definition) is 2.